The molecule has 1 atom stereocenters. The van der Waals surface area contributed by atoms with E-state index in [4.69, 9.17) is 16.2 Å². The number of hydrogen-bond donors (Lipinski definition) is 4. The molecule has 0 amide bonds. The van der Waals surface area contributed by atoms with Crippen LogP contribution in [0.1, 0.15) is 12.8 Å². The van der Waals surface area contributed by atoms with Crippen molar-refractivity contribution in [3.8, 4) is 0 Å². The molecule has 11 heavy (non-hydrogen) atoms. The zero-order valence-corrected chi connectivity index (χ0v) is 6.21. The molecule has 0 aliphatic heterocycles. The van der Waals surface area contributed by atoms with Crippen LogP contribution in [0, 0.1) is 5.41 Å². The summed E-state index contributed by atoms with van der Waals surface area (Å²) in [5.74, 6) is -0.943. The molecule has 0 rings (SSSR count). The van der Waals surface area contributed by atoms with Crippen molar-refractivity contribution in [2.75, 3.05) is 6.54 Å². The monoisotopic (exact) mass is 159 g/mol. The fourth-order valence-corrected chi connectivity index (χ4v) is 0.701. The van der Waals surface area contributed by atoms with Crippen molar-refractivity contribution in [1.29, 1.82) is 5.41 Å². The van der Waals surface area contributed by atoms with Gasteiger partial charge in [-0.1, -0.05) is 0 Å². The summed E-state index contributed by atoms with van der Waals surface area (Å²) >= 11 is 0. The number of nitrogens with two attached hydrogens (primary N) is 1. The fraction of sp³-hybridized carbons (Fsp3) is 0.667. The van der Waals surface area contributed by atoms with E-state index in [2.05, 4.69) is 5.32 Å². The van der Waals surface area contributed by atoms with Crippen LogP contribution in [0.25, 0.3) is 0 Å². The lowest BCUT2D eigenvalue weighted by Gasteiger charge is -2.09. The van der Waals surface area contributed by atoms with Gasteiger partial charge in [-0.05, 0) is 19.4 Å². The van der Waals surface area contributed by atoms with Crippen LogP contribution in [0.2, 0.25) is 0 Å². The number of rotatable bonds is 6. The topological polar surface area (TPSA) is 99.2 Å². The third-order valence-electron chi connectivity index (χ3n) is 1.28. The molecule has 0 saturated heterocycles. The van der Waals surface area contributed by atoms with Gasteiger partial charge >= 0.3 is 5.97 Å². The van der Waals surface area contributed by atoms with Crippen molar-refractivity contribution in [3.05, 3.63) is 0 Å². The molecule has 5 N–H and O–H groups in total. The van der Waals surface area contributed by atoms with Crippen LogP contribution in [0.4, 0.5) is 0 Å². The van der Waals surface area contributed by atoms with Gasteiger partial charge in [0.2, 0.25) is 0 Å². The number of carboxylic acid groups (broad SMARTS) is 1. The van der Waals surface area contributed by atoms with Gasteiger partial charge in [-0.3, -0.25) is 5.41 Å². The van der Waals surface area contributed by atoms with Gasteiger partial charge in [-0.15, -0.1) is 0 Å². The van der Waals surface area contributed by atoms with Crippen molar-refractivity contribution < 1.29 is 9.90 Å². The highest BCUT2D eigenvalue weighted by atomic mass is 16.4. The van der Waals surface area contributed by atoms with Crippen molar-refractivity contribution in [3.63, 3.8) is 0 Å². The van der Waals surface area contributed by atoms with E-state index >= 15 is 0 Å². The molecule has 0 aromatic carbocycles. The Morgan fingerprint density at radius 1 is 1.82 bits per heavy atom. The van der Waals surface area contributed by atoms with Crippen LogP contribution in [0.3, 0.4) is 0 Å². The average Bonchev–Trinajstić information content (AvgIpc) is 1.97. The maximum atomic E-state index is 10.4. The highest BCUT2D eigenvalue weighted by molar-refractivity contribution is 5.76. The molecular weight excluding hydrogens is 146 g/mol. The van der Waals surface area contributed by atoms with Crippen molar-refractivity contribution in [2.24, 2.45) is 5.73 Å². The Bertz CT molecular complexity index is 138. The molecule has 0 radical (unpaired) electrons. The number of nitrogens with one attached hydrogen (secondary N) is 2. The Morgan fingerprint density at radius 3 is 2.82 bits per heavy atom. The molecule has 0 fully saturated rings. The molecule has 0 aliphatic carbocycles. The molecule has 64 valence electrons. The predicted molar refractivity (Wildman–Crippen MR) is 41.6 cm³/mol. The summed E-state index contributed by atoms with van der Waals surface area (Å²) in [6.07, 6.45) is 1.99. The van der Waals surface area contributed by atoms with Crippen LogP contribution >= 0.6 is 0 Å². The first-order chi connectivity index (χ1) is 5.22. The van der Waals surface area contributed by atoms with E-state index in [0.717, 1.165) is 6.34 Å². The van der Waals surface area contributed by atoms with Crippen LogP contribution in [0.15, 0.2) is 0 Å². The van der Waals surface area contributed by atoms with Gasteiger partial charge in [0.05, 0.1) is 6.34 Å². The summed E-state index contributed by atoms with van der Waals surface area (Å²) in [6.45, 7) is 0.476. The van der Waals surface area contributed by atoms with Gasteiger partial charge in [0, 0.05) is 0 Å². The average molecular weight is 159 g/mol. The number of carbonyl (C=O) groups is 1. The minimum Gasteiger partial charge on any atom is -0.480 e. The van der Waals surface area contributed by atoms with E-state index in [-0.39, 0.29) is 0 Å². The molecule has 0 aromatic rings. The molecule has 0 heterocycles. The Kier molecular flexibility index (Phi) is 5.10. The molecule has 0 aliphatic rings. The Morgan fingerprint density at radius 2 is 2.45 bits per heavy atom. The second kappa shape index (κ2) is 5.67. The van der Waals surface area contributed by atoms with Gasteiger partial charge in [0.1, 0.15) is 6.04 Å². The fourth-order valence-electron chi connectivity index (χ4n) is 0.701. The van der Waals surface area contributed by atoms with E-state index in [1.807, 2.05) is 0 Å². The van der Waals surface area contributed by atoms with Gasteiger partial charge < -0.3 is 16.2 Å². The molecule has 0 saturated carbocycles. The maximum Gasteiger partial charge on any atom is 0.326 e. The second-order valence-electron chi connectivity index (χ2n) is 2.13. The SMILES string of the molecule is N=CN[C@@H](CCCN)C(=O)O. The smallest absolute Gasteiger partial charge is 0.326 e. The summed E-state index contributed by atoms with van der Waals surface area (Å²) in [4.78, 5) is 10.4. The summed E-state index contributed by atoms with van der Waals surface area (Å²) in [5.41, 5.74) is 5.20. The van der Waals surface area contributed by atoms with E-state index < -0.39 is 12.0 Å². The molecule has 0 spiro atoms. The van der Waals surface area contributed by atoms with Crippen LogP contribution < -0.4 is 11.1 Å². The Labute approximate surface area is 65.1 Å². The molecule has 5 nitrogen and oxygen atoms in total. The van der Waals surface area contributed by atoms with Crippen molar-refractivity contribution in [2.45, 2.75) is 18.9 Å². The van der Waals surface area contributed by atoms with Gasteiger partial charge in [-0.2, -0.15) is 0 Å². The van der Waals surface area contributed by atoms with Crippen molar-refractivity contribution in [1.82, 2.24) is 5.32 Å². The maximum absolute atomic E-state index is 10.4. The first-order valence-corrected chi connectivity index (χ1v) is 3.40. The third-order valence-corrected chi connectivity index (χ3v) is 1.28. The highest BCUT2D eigenvalue weighted by Crippen LogP contribution is 1.94. The quantitative estimate of drug-likeness (QED) is 0.306. The van der Waals surface area contributed by atoms with Gasteiger partial charge in [0.25, 0.3) is 0 Å². The summed E-state index contributed by atoms with van der Waals surface area (Å²) in [6, 6.07) is -0.670. The van der Waals surface area contributed by atoms with Crippen LogP contribution in [-0.2, 0) is 4.79 Å². The largest absolute Gasteiger partial charge is 0.480 e. The predicted octanol–water partition coefficient (Wildman–Crippen LogP) is -0.625. The molecule has 0 unspecified atom stereocenters. The molecule has 0 bridgehead atoms. The number of carboxylic acids is 1. The highest BCUT2D eigenvalue weighted by Gasteiger charge is 2.13. The second-order valence-corrected chi connectivity index (χ2v) is 2.13. The lowest BCUT2D eigenvalue weighted by Crippen LogP contribution is -2.35. The first kappa shape index (κ1) is 9.90. The standard InChI is InChI=1S/C6H13N3O2/c7-3-1-2-5(6(10)11)9-4-8/h4-5H,1-3,7H2,(H2,8,9)(H,10,11)/t5-/m0/s1. The van der Waals surface area contributed by atoms with E-state index in [1.165, 1.54) is 0 Å². The molecule has 0 aromatic heterocycles. The summed E-state index contributed by atoms with van der Waals surface area (Å²) < 4.78 is 0. The lowest BCUT2D eigenvalue weighted by molar-refractivity contribution is -0.139. The summed E-state index contributed by atoms with van der Waals surface area (Å²) in [5, 5.41) is 17.6. The zero-order valence-electron chi connectivity index (χ0n) is 6.21. The van der Waals surface area contributed by atoms with Crippen LogP contribution in [0.5, 0.6) is 0 Å². The molecular formula is C6H13N3O2. The van der Waals surface area contributed by atoms with Crippen molar-refractivity contribution >= 4 is 12.3 Å². The van der Waals surface area contributed by atoms with Gasteiger partial charge in [0.15, 0.2) is 0 Å². The van der Waals surface area contributed by atoms with Gasteiger partial charge in [-0.25, -0.2) is 4.79 Å². The van der Waals surface area contributed by atoms with E-state index in [9.17, 15) is 4.79 Å². The van der Waals surface area contributed by atoms with E-state index in [0.29, 0.717) is 19.4 Å². The first-order valence-electron chi connectivity index (χ1n) is 3.40. The number of aliphatic carboxylic acids is 1. The van der Waals surface area contributed by atoms with E-state index in [1.54, 1.807) is 0 Å². The molecule has 5 heteroatoms. The minimum atomic E-state index is -0.943. The number of hydrogen-bond acceptors (Lipinski definition) is 3. The third kappa shape index (κ3) is 4.32. The minimum absolute atomic E-state index is 0.460. The normalized spacial score (nSPS) is 12.1. The zero-order chi connectivity index (χ0) is 8.69. The van der Waals surface area contributed by atoms with Crippen LogP contribution in [-0.4, -0.2) is 30.0 Å². The Hall–Kier alpha value is -1.10. The summed E-state index contributed by atoms with van der Waals surface area (Å²) in [7, 11) is 0. The lowest BCUT2D eigenvalue weighted by atomic mass is 10.1. The Balaban J connectivity index is 3.69.